The molecule has 0 bridgehead atoms. The number of nitrogens with zero attached hydrogens (tertiary/aromatic N) is 4. The van der Waals surface area contributed by atoms with Crippen LogP contribution in [-0.4, -0.2) is 43.2 Å². The van der Waals surface area contributed by atoms with Crippen LogP contribution in [0.25, 0.3) is 11.0 Å². The van der Waals surface area contributed by atoms with Crippen molar-refractivity contribution in [1.29, 1.82) is 0 Å². The normalized spacial score (nSPS) is 14.0. The van der Waals surface area contributed by atoms with E-state index < -0.39 is 5.91 Å². The van der Waals surface area contributed by atoms with E-state index in [1.807, 2.05) is 11.6 Å². The smallest absolute Gasteiger partial charge is 0.284 e. The van der Waals surface area contributed by atoms with Crippen LogP contribution in [0.5, 0.6) is 0 Å². The molecule has 4 N–H and O–H groups in total. The fourth-order valence-corrected chi connectivity index (χ4v) is 5.16. The van der Waals surface area contributed by atoms with E-state index in [0.29, 0.717) is 21.7 Å². The number of hydrogen-bond acceptors (Lipinski definition) is 8. The first kappa shape index (κ1) is 18.9. The summed E-state index contributed by atoms with van der Waals surface area (Å²) in [5.41, 5.74) is 7.65. The van der Waals surface area contributed by atoms with Gasteiger partial charge in [0.2, 0.25) is 0 Å². The molecule has 0 unspecified atom stereocenters. The van der Waals surface area contributed by atoms with Crippen LogP contribution in [0.1, 0.15) is 36.6 Å². The molecule has 1 aromatic carbocycles. The number of H-pyrrole nitrogens is 1. The Morgan fingerprint density at radius 2 is 2.20 bits per heavy atom. The molecule has 0 saturated heterocycles. The third-order valence-electron chi connectivity index (χ3n) is 4.86. The lowest BCUT2D eigenvalue weighted by Gasteiger charge is -2.24. The standard InChI is InChI=1S/C19H17N7O2S2/c20-16(27)17-22-12-3-1-2-10(15(12)24-17)18(28)25-19-23-11-4-6-26(8-13(11)30-19)9-14-21-5-7-29-14/h1-3,5,7H,4,6,8-9H2,(H2,20,27)(H,22,24)(H,23,25,28). The van der Waals surface area contributed by atoms with Crippen molar-refractivity contribution >= 4 is 50.7 Å². The van der Waals surface area contributed by atoms with Crippen LogP contribution in [0.4, 0.5) is 5.13 Å². The summed E-state index contributed by atoms with van der Waals surface area (Å²) in [6.07, 6.45) is 2.66. The highest BCUT2D eigenvalue weighted by Gasteiger charge is 2.23. The Hall–Kier alpha value is -3.15. The van der Waals surface area contributed by atoms with Crippen molar-refractivity contribution in [3.05, 3.63) is 56.7 Å². The molecule has 0 fully saturated rings. The molecule has 0 saturated carbocycles. The van der Waals surface area contributed by atoms with E-state index in [4.69, 9.17) is 5.73 Å². The topological polar surface area (TPSA) is 130 Å². The number of aromatic nitrogens is 4. The molecule has 4 aromatic rings. The first-order chi connectivity index (χ1) is 14.6. The number of nitrogens with two attached hydrogens (primary N) is 1. The summed E-state index contributed by atoms with van der Waals surface area (Å²) >= 11 is 3.14. The number of benzene rings is 1. The van der Waals surface area contributed by atoms with Gasteiger partial charge in [0.1, 0.15) is 10.5 Å². The number of primary amides is 1. The summed E-state index contributed by atoms with van der Waals surface area (Å²) in [4.78, 5) is 43.7. The molecular formula is C19H17N7O2S2. The molecule has 9 nitrogen and oxygen atoms in total. The van der Waals surface area contributed by atoms with Crippen molar-refractivity contribution in [1.82, 2.24) is 24.8 Å². The molecule has 152 valence electrons. The lowest BCUT2D eigenvalue weighted by atomic mass is 10.1. The van der Waals surface area contributed by atoms with E-state index in [0.717, 1.165) is 41.6 Å². The average molecular weight is 440 g/mol. The lowest BCUT2D eigenvalue weighted by Crippen LogP contribution is -2.29. The van der Waals surface area contributed by atoms with Crippen LogP contribution in [-0.2, 0) is 19.5 Å². The van der Waals surface area contributed by atoms with Crippen molar-refractivity contribution < 1.29 is 9.59 Å². The second-order valence-corrected chi connectivity index (χ2v) is 8.94. The lowest BCUT2D eigenvalue weighted by molar-refractivity contribution is 0.0989. The Morgan fingerprint density at radius 3 is 3.00 bits per heavy atom. The predicted molar refractivity (Wildman–Crippen MR) is 115 cm³/mol. The molecule has 1 aliphatic heterocycles. The summed E-state index contributed by atoms with van der Waals surface area (Å²) < 4.78 is 0. The molecule has 0 atom stereocenters. The second kappa shape index (κ2) is 7.59. The minimum Gasteiger partial charge on any atom is -0.363 e. The molecule has 11 heteroatoms. The Balaban J connectivity index is 1.34. The molecular weight excluding hydrogens is 422 g/mol. The highest BCUT2D eigenvalue weighted by atomic mass is 32.1. The number of carbonyl (C=O) groups excluding carboxylic acids is 2. The van der Waals surface area contributed by atoms with Gasteiger partial charge >= 0.3 is 0 Å². The SMILES string of the molecule is NC(=O)c1nc2c(C(=O)Nc3nc4c(s3)CN(Cc3nccs3)CC4)cccc2[nH]1. The molecule has 0 radical (unpaired) electrons. The second-order valence-electron chi connectivity index (χ2n) is 6.88. The maximum absolute atomic E-state index is 12.9. The number of carbonyl (C=O) groups is 2. The Bertz CT molecular complexity index is 1250. The van der Waals surface area contributed by atoms with Gasteiger partial charge in [0.05, 0.1) is 23.3 Å². The Morgan fingerprint density at radius 1 is 1.30 bits per heavy atom. The third kappa shape index (κ3) is 3.58. The van der Waals surface area contributed by atoms with Gasteiger partial charge in [0, 0.05) is 36.0 Å². The summed E-state index contributed by atoms with van der Waals surface area (Å²) in [6.45, 7) is 2.52. The molecule has 4 heterocycles. The quantitative estimate of drug-likeness (QED) is 0.438. The number of amides is 2. The zero-order valence-electron chi connectivity index (χ0n) is 15.7. The number of nitrogens with one attached hydrogen (secondary N) is 2. The van der Waals surface area contributed by atoms with Crippen molar-refractivity contribution in [2.75, 3.05) is 11.9 Å². The summed E-state index contributed by atoms with van der Waals surface area (Å²) in [5, 5.41) is 6.51. The van der Waals surface area contributed by atoms with Crippen LogP contribution in [0.3, 0.4) is 0 Å². The minimum absolute atomic E-state index is 0.0234. The van der Waals surface area contributed by atoms with Gasteiger partial charge in [-0.2, -0.15) is 0 Å². The van der Waals surface area contributed by atoms with Gasteiger partial charge in [-0.25, -0.2) is 15.0 Å². The number of para-hydroxylation sites is 1. The zero-order chi connectivity index (χ0) is 20.7. The molecule has 30 heavy (non-hydrogen) atoms. The number of imidazole rings is 1. The first-order valence-electron chi connectivity index (χ1n) is 9.26. The van der Waals surface area contributed by atoms with Gasteiger partial charge in [-0.05, 0) is 12.1 Å². The summed E-state index contributed by atoms with van der Waals surface area (Å²) in [5.74, 6) is -0.975. The van der Waals surface area contributed by atoms with Gasteiger partial charge in [-0.15, -0.1) is 22.7 Å². The fourth-order valence-electron chi connectivity index (χ4n) is 3.46. The van der Waals surface area contributed by atoms with Crippen LogP contribution in [0.15, 0.2) is 29.8 Å². The van der Waals surface area contributed by atoms with Crippen molar-refractivity contribution in [3.8, 4) is 0 Å². The Labute approximate surface area is 179 Å². The number of anilines is 1. The van der Waals surface area contributed by atoms with Crippen LogP contribution < -0.4 is 11.1 Å². The number of aromatic amines is 1. The molecule has 3 aromatic heterocycles. The largest absolute Gasteiger partial charge is 0.363 e. The molecule has 0 aliphatic carbocycles. The zero-order valence-corrected chi connectivity index (χ0v) is 17.3. The van der Waals surface area contributed by atoms with Crippen LogP contribution in [0.2, 0.25) is 0 Å². The third-order valence-corrected chi connectivity index (χ3v) is 6.63. The highest BCUT2D eigenvalue weighted by Crippen LogP contribution is 2.30. The van der Waals surface area contributed by atoms with Crippen LogP contribution in [0, 0.1) is 0 Å². The summed E-state index contributed by atoms with van der Waals surface area (Å²) in [7, 11) is 0. The molecule has 1 aliphatic rings. The molecule has 5 rings (SSSR count). The van der Waals surface area contributed by atoms with E-state index >= 15 is 0 Å². The van der Waals surface area contributed by atoms with Crippen molar-refractivity contribution in [2.45, 2.75) is 19.5 Å². The van der Waals surface area contributed by atoms with Crippen molar-refractivity contribution in [3.63, 3.8) is 0 Å². The first-order valence-corrected chi connectivity index (χ1v) is 11.0. The van der Waals surface area contributed by atoms with E-state index in [1.165, 1.54) is 11.3 Å². The number of thiazole rings is 2. The Kier molecular flexibility index (Phi) is 4.77. The van der Waals surface area contributed by atoms with Gasteiger partial charge in [0.25, 0.3) is 11.8 Å². The molecule has 0 spiro atoms. The maximum Gasteiger partial charge on any atom is 0.284 e. The van der Waals surface area contributed by atoms with Gasteiger partial charge in [-0.1, -0.05) is 6.07 Å². The van der Waals surface area contributed by atoms with Gasteiger partial charge in [0.15, 0.2) is 11.0 Å². The summed E-state index contributed by atoms with van der Waals surface area (Å²) in [6, 6.07) is 5.13. The monoisotopic (exact) mass is 439 g/mol. The maximum atomic E-state index is 12.9. The van der Waals surface area contributed by atoms with E-state index in [1.54, 1.807) is 29.5 Å². The number of rotatable bonds is 5. The molecule has 2 amide bonds. The van der Waals surface area contributed by atoms with E-state index in [-0.39, 0.29) is 11.7 Å². The van der Waals surface area contributed by atoms with Crippen molar-refractivity contribution in [2.24, 2.45) is 5.73 Å². The van der Waals surface area contributed by atoms with E-state index in [9.17, 15) is 9.59 Å². The highest BCUT2D eigenvalue weighted by molar-refractivity contribution is 7.15. The fraction of sp³-hybridized carbons (Fsp3) is 0.211. The average Bonchev–Trinajstić information content (AvgIpc) is 3.46. The predicted octanol–water partition coefficient (Wildman–Crippen LogP) is 2.39. The number of hydrogen-bond donors (Lipinski definition) is 3. The minimum atomic E-state index is -0.674. The van der Waals surface area contributed by atoms with Gasteiger partial charge in [-0.3, -0.25) is 19.8 Å². The van der Waals surface area contributed by atoms with Gasteiger partial charge < -0.3 is 10.7 Å². The van der Waals surface area contributed by atoms with E-state index in [2.05, 4.69) is 30.2 Å². The number of fused-ring (bicyclic) bond motifs is 2. The van der Waals surface area contributed by atoms with Crippen LogP contribution >= 0.6 is 22.7 Å².